The summed E-state index contributed by atoms with van der Waals surface area (Å²) in [5.74, 6) is -0.509. The van der Waals surface area contributed by atoms with Crippen LogP contribution in [0.4, 0.5) is 0 Å². The summed E-state index contributed by atoms with van der Waals surface area (Å²) in [6.07, 6.45) is 2.15. The third kappa shape index (κ3) is 2.32. The Morgan fingerprint density at radius 2 is 2.39 bits per heavy atom. The van der Waals surface area contributed by atoms with Gasteiger partial charge in [0, 0.05) is 13.2 Å². The second kappa shape index (κ2) is 4.58. The highest BCUT2D eigenvalue weighted by Crippen LogP contribution is 2.25. The lowest BCUT2D eigenvalue weighted by molar-refractivity contribution is -0.115. The average molecular weight is 253 g/mol. The van der Waals surface area contributed by atoms with Gasteiger partial charge in [0.05, 0.1) is 12.0 Å². The molecule has 0 spiro atoms. The second-order valence-electron chi connectivity index (χ2n) is 4.98. The minimum absolute atomic E-state index is 0.125. The normalized spacial score (nSPS) is 25.1. The Hall–Kier alpha value is -1.60. The molecule has 0 radical (unpaired) electrons. The highest BCUT2D eigenvalue weighted by molar-refractivity contribution is 5.93. The van der Waals surface area contributed by atoms with Crippen molar-refractivity contribution in [2.24, 2.45) is 10.7 Å². The van der Waals surface area contributed by atoms with E-state index in [1.807, 2.05) is 18.7 Å². The first kappa shape index (κ1) is 12.8. The van der Waals surface area contributed by atoms with Crippen molar-refractivity contribution in [1.29, 1.82) is 0 Å². The van der Waals surface area contributed by atoms with Gasteiger partial charge in [-0.15, -0.1) is 0 Å². The van der Waals surface area contributed by atoms with Gasteiger partial charge in [-0.25, -0.2) is 4.99 Å². The number of rotatable bonds is 4. The summed E-state index contributed by atoms with van der Waals surface area (Å²) in [4.78, 5) is 17.6. The zero-order valence-corrected chi connectivity index (χ0v) is 10.6. The van der Waals surface area contributed by atoms with Crippen molar-refractivity contribution >= 4 is 12.2 Å². The molecule has 1 amide bonds. The minimum atomic E-state index is -0.509. The highest BCUT2D eigenvalue weighted by atomic mass is 16.3. The molecular weight excluding hydrogens is 234 g/mol. The smallest absolute Gasteiger partial charge is 0.266 e. The number of hydrogen-bond acceptors (Lipinski definition) is 6. The standard InChI is InChI=1S/C11H19N5O2/c1-11(2)14-7(9(12)18)8-10(15-11)16(6-13-8)4-3-5-17/h6,10,14-15,17H,3-5H2,1-2H3,(H2,12,18). The molecule has 0 saturated heterocycles. The zero-order valence-electron chi connectivity index (χ0n) is 10.6. The van der Waals surface area contributed by atoms with Crippen LogP contribution in [0.2, 0.25) is 0 Å². The molecule has 0 bridgehead atoms. The molecule has 1 atom stereocenters. The van der Waals surface area contributed by atoms with Crippen LogP contribution in [0.1, 0.15) is 20.3 Å². The van der Waals surface area contributed by atoms with Gasteiger partial charge in [-0.2, -0.15) is 0 Å². The minimum Gasteiger partial charge on any atom is -0.396 e. The lowest BCUT2D eigenvalue weighted by Crippen LogP contribution is -2.64. The van der Waals surface area contributed by atoms with E-state index in [9.17, 15) is 4.79 Å². The van der Waals surface area contributed by atoms with Crippen LogP contribution in [0.5, 0.6) is 0 Å². The fourth-order valence-electron chi connectivity index (χ4n) is 2.17. The van der Waals surface area contributed by atoms with E-state index in [-0.39, 0.29) is 12.8 Å². The second-order valence-corrected chi connectivity index (χ2v) is 4.98. The number of aliphatic imine (C=N–C) groups is 1. The summed E-state index contributed by atoms with van der Waals surface area (Å²) >= 11 is 0. The lowest BCUT2D eigenvalue weighted by atomic mass is 10.1. The van der Waals surface area contributed by atoms with Gasteiger partial charge in [-0.05, 0) is 20.3 Å². The van der Waals surface area contributed by atoms with Crippen molar-refractivity contribution in [3.63, 3.8) is 0 Å². The van der Waals surface area contributed by atoms with Crippen molar-refractivity contribution < 1.29 is 9.90 Å². The van der Waals surface area contributed by atoms with Gasteiger partial charge in [0.1, 0.15) is 17.6 Å². The molecule has 0 aromatic carbocycles. The zero-order chi connectivity index (χ0) is 13.3. The molecule has 2 heterocycles. The third-order valence-corrected chi connectivity index (χ3v) is 2.95. The topological polar surface area (TPSA) is 103 Å². The Morgan fingerprint density at radius 3 is 3.00 bits per heavy atom. The number of amides is 1. The van der Waals surface area contributed by atoms with Gasteiger partial charge in [0.2, 0.25) is 0 Å². The Morgan fingerprint density at radius 1 is 1.67 bits per heavy atom. The van der Waals surface area contributed by atoms with Gasteiger partial charge in [0.25, 0.3) is 5.91 Å². The van der Waals surface area contributed by atoms with Crippen LogP contribution >= 0.6 is 0 Å². The van der Waals surface area contributed by atoms with Crippen LogP contribution in [-0.2, 0) is 4.79 Å². The highest BCUT2D eigenvalue weighted by Gasteiger charge is 2.39. The van der Waals surface area contributed by atoms with Gasteiger partial charge >= 0.3 is 0 Å². The van der Waals surface area contributed by atoms with Crippen molar-refractivity contribution in [3.05, 3.63) is 11.4 Å². The molecule has 7 heteroatoms. The summed E-state index contributed by atoms with van der Waals surface area (Å²) in [6, 6.07) is 0. The summed E-state index contributed by atoms with van der Waals surface area (Å²) in [5.41, 5.74) is 5.89. The van der Waals surface area contributed by atoms with Gasteiger partial charge in [-0.3, -0.25) is 10.1 Å². The fourth-order valence-corrected chi connectivity index (χ4v) is 2.17. The van der Waals surface area contributed by atoms with E-state index in [1.54, 1.807) is 6.34 Å². The monoisotopic (exact) mass is 253 g/mol. The summed E-state index contributed by atoms with van der Waals surface area (Å²) < 4.78 is 0. The molecule has 18 heavy (non-hydrogen) atoms. The first-order valence-corrected chi connectivity index (χ1v) is 5.95. The number of carbonyl (C=O) groups excluding carboxylic acids is 1. The predicted molar refractivity (Wildman–Crippen MR) is 67.3 cm³/mol. The first-order chi connectivity index (χ1) is 8.44. The number of primary amides is 1. The van der Waals surface area contributed by atoms with Crippen molar-refractivity contribution in [3.8, 4) is 0 Å². The average Bonchev–Trinajstić information content (AvgIpc) is 2.66. The lowest BCUT2D eigenvalue weighted by Gasteiger charge is -2.40. The molecule has 7 nitrogen and oxygen atoms in total. The molecule has 100 valence electrons. The summed E-state index contributed by atoms with van der Waals surface area (Å²) in [5, 5.41) is 15.3. The number of aliphatic hydroxyl groups excluding tert-OH is 1. The number of nitrogens with zero attached hydrogens (tertiary/aromatic N) is 2. The van der Waals surface area contributed by atoms with Crippen molar-refractivity contribution in [1.82, 2.24) is 15.5 Å². The van der Waals surface area contributed by atoms with Crippen LogP contribution in [0, 0.1) is 0 Å². The molecule has 2 rings (SSSR count). The molecule has 0 saturated carbocycles. The van der Waals surface area contributed by atoms with Crippen molar-refractivity contribution in [2.75, 3.05) is 13.2 Å². The Labute approximate surface area is 106 Å². The van der Waals surface area contributed by atoms with E-state index >= 15 is 0 Å². The van der Waals surface area contributed by atoms with Crippen molar-refractivity contribution in [2.45, 2.75) is 32.1 Å². The fraction of sp³-hybridized carbons (Fsp3) is 0.636. The number of carbonyl (C=O) groups is 1. The third-order valence-electron chi connectivity index (χ3n) is 2.95. The SMILES string of the molecule is CC1(C)NC(C(N)=O)=C2N=CN(CCCO)C2N1. The molecule has 0 aromatic heterocycles. The van der Waals surface area contributed by atoms with Gasteiger partial charge < -0.3 is 21.1 Å². The molecule has 0 aliphatic carbocycles. The summed E-state index contributed by atoms with van der Waals surface area (Å²) in [7, 11) is 0. The molecule has 0 aromatic rings. The van der Waals surface area contributed by atoms with E-state index in [2.05, 4.69) is 15.6 Å². The van der Waals surface area contributed by atoms with E-state index < -0.39 is 11.6 Å². The van der Waals surface area contributed by atoms with E-state index in [1.165, 1.54) is 0 Å². The van der Waals surface area contributed by atoms with E-state index in [4.69, 9.17) is 10.8 Å². The summed E-state index contributed by atoms with van der Waals surface area (Å²) in [6.45, 7) is 4.65. The van der Waals surface area contributed by atoms with Crippen LogP contribution < -0.4 is 16.4 Å². The maximum atomic E-state index is 11.4. The quantitative estimate of drug-likeness (QED) is 0.497. The number of fused-ring (bicyclic) bond motifs is 1. The van der Waals surface area contributed by atoms with Gasteiger partial charge in [-0.1, -0.05) is 0 Å². The molecule has 2 aliphatic heterocycles. The Bertz CT molecular complexity index is 416. The molecular formula is C11H19N5O2. The maximum Gasteiger partial charge on any atom is 0.266 e. The Kier molecular flexibility index (Phi) is 3.27. The predicted octanol–water partition coefficient (Wildman–Crippen LogP) is -1.34. The molecule has 5 N–H and O–H groups in total. The largest absolute Gasteiger partial charge is 0.396 e. The maximum absolute atomic E-state index is 11.4. The number of hydrogen-bond donors (Lipinski definition) is 4. The van der Waals surface area contributed by atoms with Gasteiger partial charge in [0.15, 0.2) is 0 Å². The van der Waals surface area contributed by atoms with Crippen LogP contribution in [0.25, 0.3) is 0 Å². The van der Waals surface area contributed by atoms with Crippen LogP contribution in [0.15, 0.2) is 16.4 Å². The first-order valence-electron chi connectivity index (χ1n) is 5.95. The van der Waals surface area contributed by atoms with E-state index in [0.717, 1.165) is 0 Å². The molecule has 0 fully saturated rings. The number of nitrogens with two attached hydrogens (primary N) is 1. The van der Waals surface area contributed by atoms with Crippen LogP contribution in [0.3, 0.4) is 0 Å². The van der Waals surface area contributed by atoms with Crippen LogP contribution in [-0.4, -0.2) is 47.2 Å². The number of aliphatic hydroxyl groups is 1. The molecule has 1 unspecified atom stereocenters. The molecule has 2 aliphatic rings. The Balaban J connectivity index is 2.26. The number of nitrogens with one attached hydrogen (secondary N) is 2. The van der Waals surface area contributed by atoms with E-state index in [0.29, 0.717) is 24.4 Å².